The van der Waals surface area contributed by atoms with Gasteiger partial charge in [0.05, 0.1) is 17.7 Å². The predicted octanol–water partition coefficient (Wildman–Crippen LogP) is 1.26. The van der Waals surface area contributed by atoms with E-state index in [0.717, 1.165) is 0 Å². The van der Waals surface area contributed by atoms with Gasteiger partial charge in [-0.2, -0.15) is 0 Å². The topological polar surface area (TPSA) is 111 Å². The molecule has 0 atom stereocenters. The van der Waals surface area contributed by atoms with Gasteiger partial charge < -0.3 is 15.4 Å². The number of urea groups is 1. The minimum absolute atomic E-state index is 0.107. The maximum absolute atomic E-state index is 11.8. The summed E-state index contributed by atoms with van der Waals surface area (Å²) < 4.78 is 27.7. The van der Waals surface area contributed by atoms with Crippen molar-refractivity contribution in [2.75, 3.05) is 12.4 Å². The fraction of sp³-hybridized carbons (Fsp3) is 0.417. The number of primary sulfonamides is 1. The number of benzene rings is 1. The number of carbonyl (C=O) groups excluding carboxylic acids is 1. The summed E-state index contributed by atoms with van der Waals surface area (Å²) in [5.74, 6) is 0.335. The fourth-order valence-electron chi connectivity index (χ4n) is 1.46. The maximum Gasteiger partial charge on any atom is 0.319 e. The van der Waals surface area contributed by atoms with E-state index in [2.05, 4.69) is 10.6 Å². The maximum atomic E-state index is 11.8. The first-order valence-corrected chi connectivity index (χ1v) is 7.37. The summed E-state index contributed by atoms with van der Waals surface area (Å²) in [5.41, 5.74) is -0.199. The molecule has 4 N–H and O–H groups in total. The van der Waals surface area contributed by atoms with E-state index in [9.17, 15) is 13.2 Å². The van der Waals surface area contributed by atoms with Crippen LogP contribution < -0.4 is 20.5 Å². The van der Waals surface area contributed by atoms with Crippen LogP contribution in [0.25, 0.3) is 0 Å². The third kappa shape index (κ3) is 4.71. The van der Waals surface area contributed by atoms with E-state index < -0.39 is 21.6 Å². The smallest absolute Gasteiger partial charge is 0.319 e. The summed E-state index contributed by atoms with van der Waals surface area (Å²) in [5, 5.41) is 10.3. The summed E-state index contributed by atoms with van der Waals surface area (Å²) >= 11 is 0. The van der Waals surface area contributed by atoms with Crippen molar-refractivity contribution in [2.45, 2.75) is 31.2 Å². The van der Waals surface area contributed by atoms with Gasteiger partial charge in [-0.05, 0) is 39.0 Å². The lowest BCUT2D eigenvalue weighted by Crippen LogP contribution is -2.43. The van der Waals surface area contributed by atoms with Crippen molar-refractivity contribution in [2.24, 2.45) is 5.14 Å². The van der Waals surface area contributed by atoms with E-state index in [4.69, 9.17) is 9.88 Å². The molecule has 0 aromatic heterocycles. The Labute approximate surface area is 118 Å². The van der Waals surface area contributed by atoms with Crippen molar-refractivity contribution in [1.82, 2.24) is 5.32 Å². The number of nitrogens with one attached hydrogen (secondary N) is 2. The molecular formula is C12H19N3O4S. The van der Waals surface area contributed by atoms with E-state index >= 15 is 0 Å². The summed E-state index contributed by atoms with van der Waals surface area (Å²) in [4.78, 5) is 11.7. The van der Waals surface area contributed by atoms with Gasteiger partial charge >= 0.3 is 6.03 Å². The van der Waals surface area contributed by atoms with Crippen molar-refractivity contribution in [3.8, 4) is 5.75 Å². The number of carbonyl (C=O) groups is 1. The van der Waals surface area contributed by atoms with Crippen LogP contribution in [0.2, 0.25) is 0 Å². The Morgan fingerprint density at radius 2 is 1.90 bits per heavy atom. The van der Waals surface area contributed by atoms with Crippen LogP contribution in [0.1, 0.15) is 20.8 Å². The average Bonchev–Trinajstić information content (AvgIpc) is 2.24. The van der Waals surface area contributed by atoms with Crippen LogP contribution in [0.15, 0.2) is 23.1 Å². The van der Waals surface area contributed by atoms with Gasteiger partial charge in [0.15, 0.2) is 0 Å². The first-order chi connectivity index (χ1) is 9.03. The van der Waals surface area contributed by atoms with Crippen molar-refractivity contribution < 1.29 is 17.9 Å². The van der Waals surface area contributed by atoms with Crippen LogP contribution in [0.4, 0.5) is 10.5 Å². The summed E-state index contributed by atoms with van der Waals surface area (Å²) in [7, 11) is -2.43. The molecule has 1 aromatic rings. The molecule has 1 rings (SSSR count). The number of hydrogen-bond donors (Lipinski definition) is 3. The van der Waals surface area contributed by atoms with E-state index in [0.29, 0.717) is 5.75 Å². The average molecular weight is 301 g/mol. The Morgan fingerprint density at radius 1 is 1.30 bits per heavy atom. The Hall–Kier alpha value is -1.80. The van der Waals surface area contributed by atoms with Gasteiger partial charge in [-0.25, -0.2) is 18.4 Å². The molecule has 7 nitrogen and oxygen atoms in total. The van der Waals surface area contributed by atoms with Gasteiger partial charge in [-0.1, -0.05) is 0 Å². The van der Waals surface area contributed by atoms with Gasteiger partial charge in [0.2, 0.25) is 10.0 Å². The van der Waals surface area contributed by atoms with Crippen LogP contribution in [-0.4, -0.2) is 27.1 Å². The standard InChI is InChI=1S/C12H19N3O4S/c1-12(2,3)15-11(16)14-9-7-8(20(13,17)18)5-6-10(9)19-4/h5-7H,1-4H3,(H2,13,17,18)(H2,14,15,16). The summed E-state index contributed by atoms with van der Waals surface area (Å²) in [6, 6.07) is 3.51. The van der Waals surface area contributed by atoms with Crippen LogP contribution >= 0.6 is 0 Å². The summed E-state index contributed by atoms with van der Waals surface area (Å²) in [6.45, 7) is 5.47. The molecule has 0 heterocycles. The highest BCUT2D eigenvalue weighted by Crippen LogP contribution is 2.27. The number of rotatable bonds is 3. The van der Waals surface area contributed by atoms with Crippen LogP contribution in [0.3, 0.4) is 0 Å². The van der Waals surface area contributed by atoms with Gasteiger partial charge in [-0.15, -0.1) is 0 Å². The van der Waals surface area contributed by atoms with E-state index in [-0.39, 0.29) is 10.6 Å². The summed E-state index contributed by atoms with van der Waals surface area (Å²) in [6.07, 6.45) is 0. The number of amides is 2. The zero-order chi connectivity index (χ0) is 15.6. The Balaban J connectivity index is 3.07. The van der Waals surface area contributed by atoms with Gasteiger partial charge in [0.25, 0.3) is 0 Å². The lowest BCUT2D eigenvalue weighted by Gasteiger charge is -2.21. The van der Waals surface area contributed by atoms with Gasteiger partial charge in [-0.3, -0.25) is 0 Å². The molecule has 0 aliphatic carbocycles. The second-order valence-corrected chi connectivity index (χ2v) is 6.80. The molecule has 8 heteroatoms. The van der Waals surface area contributed by atoms with Crippen molar-refractivity contribution in [1.29, 1.82) is 0 Å². The van der Waals surface area contributed by atoms with Gasteiger partial charge in [0.1, 0.15) is 5.75 Å². The van der Waals surface area contributed by atoms with Crippen molar-refractivity contribution in [3.05, 3.63) is 18.2 Å². The quantitative estimate of drug-likeness (QED) is 0.780. The molecule has 0 spiro atoms. The number of nitrogens with two attached hydrogens (primary N) is 1. The second-order valence-electron chi connectivity index (χ2n) is 5.24. The zero-order valence-electron chi connectivity index (χ0n) is 11.9. The molecule has 0 radical (unpaired) electrons. The fourth-order valence-corrected chi connectivity index (χ4v) is 2.00. The third-order valence-electron chi connectivity index (χ3n) is 2.24. The Morgan fingerprint density at radius 3 is 2.35 bits per heavy atom. The number of methoxy groups -OCH3 is 1. The highest BCUT2D eigenvalue weighted by atomic mass is 32.2. The monoisotopic (exact) mass is 301 g/mol. The third-order valence-corrected chi connectivity index (χ3v) is 3.15. The molecule has 1 aromatic carbocycles. The lowest BCUT2D eigenvalue weighted by atomic mass is 10.1. The lowest BCUT2D eigenvalue weighted by molar-refractivity contribution is 0.243. The molecule has 0 saturated heterocycles. The highest BCUT2D eigenvalue weighted by Gasteiger charge is 2.17. The largest absolute Gasteiger partial charge is 0.495 e. The first kappa shape index (κ1) is 16.3. The molecule has 20 heavy (non-hydrogen) atoms. The van der Waals surface area contributed by atoms with Gasteiger partial charge in [0, 0.05) is 5.54 Å². The van der Waals surface area contributed by atoms with Crippen LogP contribution in [0, 0.1) is 0 Å². The van der Waals surface area contributed by atoms with Crippen LogP contribution in [0.5, 0.6) is 5.75 Å². The molecule has 2 amide bonds. The molecule has 0 fully saturated rings. The minimum Gasteiger partial charge on any atom is -0.495 e. The Bertz CT molecular complexity index is 606. The first-order valence-electron chi connectivity index (χ1n) is 5.83. The number of hydrogen-bond acceptors (Lipinski definition) is 4. The van der Waals surface area contributed by atoms with Crippen LogP contribution in [-0.2, 0) is 10.0 Å². The van der Waals surface area contributed by atoms with E-state index in [1.54, 1.807) is 0 Å². The van der Waals surface area contributed by atoms with E-state index in [1.165, 1.54) is 25.3 Å². The molecule has 0 saturated carbocycles. The zero-order valence-corrected chi connectivity index (χ0v) is 12.7. The van der Waals surface area contributed by atoms with Crippen molar-refractivity contribution in [3.63, 3.8) is 0 Å². The molecule has 0 aliphatic rings. The molecule has 112 valence electrons. The number of anilines is 1. The SMILES string of the molecule is COc1ccc(S(N)(=O)=O)cc1NC(=O)NC(C)(C)C. The molecule has 0 bridgehead atoms. The normalized spacial score (nSPS) is 11.8. The van der Waals surface area contributed by atoms with Crippen molar-refractivity contribution >= 4 is 21.7 Å². The van der Waals surface area contributed by atoms with E-state index in [1.807, 2.05) is 20.8 Å². The molecular weight excluding hydrogens is 282 g/mol. The predicted molar refractivity (Wildman–Crippen MR) is 76.3 cm³/mol. The highest BCUT2D eigenvalue weighted by molar-refractivity contribution is 7.89. The molecule has 0 unspecified atom stereocenters. The second kappa shape index (κ2) is 5.68. The number of ether oxygens (including phenoxy) is 1. The molecule has 0 aliphatic heterocycles. The Kier molecular flexibility index (Phi) is 4.61. The minimum atomic E-state index is -3.85. The number of sulfonamides is 1.